The van der Waals surface area contributed by atoms with E-state index in [2.05, 4.69) is 0 Å². The van der Waals surface area contributed by atoms with Gasteiger partial charge in [-0.05, 0) is 29.3 Å². The number of rotatable bonds is 4. The highest BCUT2D eigenvalue weighted by atomic mass is 19.1. The average Bonchev–Trinajstić information content (AvgIpc) is 2.88. The van der Waals surface area contributed by atoms with Crippen LogP contribution in [0.25, 0.3) is 0 Å². The van der Waals surface area contributed by atoms with E-state index in [9.17, 15) is 14.3 Å². The molecular formula is C17H15FO3. The van der Waals surface area contributed by atoms with Crippen molar-refractivity contribution in [2.75, 3.05) is 0 Å². The van der Waals surface area contributed by atoms with Crippen molar-refractivity contribution >= 4 is 5.97 Å². The van der Waals surface area contributed by atoms with Gasteiger partial charge in [0.2, 0.25) is 0 Å². The minimum atomic E-state index is -0.916. The van der Waals surface area contributed by atoms with Gasteiger partial charge in [0.1, 0.15) is 17.7 Å². The summed E-state index contributed by atoms with van der Waals surface area (Å²) < 4.78 is 18.8. The quantitative estimate of drug-likeness (QED) is 0.937. The van der Waals surface area contributed by atoms with Gasteiger partial charge in [-0.3, -0.25) is 4.79 Å². The fourth-order valence-electron chi connectivity index (χ4n) is 2.72. The number of halogens is 1. The summed E-state index contributed by atoms with van der Waals surface area (Å²) in [5.41, 5.74) is 1.70. The van der Waals surface area contributed by atoms with Gasteiger partial charge in [-0.2, -0.15) is 0 Å². The van der Waals surface area contributed by atoms with E-state index in [0.717, 1.165) is 11.3 Å². The lowest BCUT2D eigenvalue weighted by atomic mass is 9.92. The summed E-state index contributed by atoms with van der Waals surface area (Å²) in [6.45, 7) is 0. The van der Waals surface area contributed by atoms with Gasteiger partial charge in [0, 0.05) is 12.8 Å². The van der Waals surface area contributed by atoms with Crippen molar-refractivity contribution in [3.8, 4) is 5.75 Å². The smallest absolute Gasteiger partial charge is 0.311 e. The molecule has 108 valence electrons. The Hall–Kier alpha value is -2.36. The maximum absolute atomic E-state index is 13.0. The van der Waals surface area contributed by atoms with E-state index in [1.807, 2.05) is 24.3 Å². The first-order valence-corrected chi connectivity index (χ1v) is 6.86. The standard InChI is InChI=1S/C17H15FO3/c18-13-7-5-11(6-8-13)15(17(19)20)10-14-9-12-3-1-2-4-16(12)21-14/h1-8,14-15H,9-10H2,(H,19,20). The third-order valence-electron chi connectivity index (χ3n) is 3.78. The molecule has 0 aliphatic carbocycles. The van der Waals surface area contributed by atoms with Crippen molar-refractivity contribution in [1.82, 2.24) is 0 Å². The van der Waals surface area contributed by atoms with E-state index in [1.54, 1.807) is 0 Å². The highest BCUT2D eigenvalue weighted by Gasteiger charge is 2.29. The van der Waals surface area contributed by atoms with E-state index in [0.29, 0.717) is 18.4 Å². The average molecular weight is 286 g/mol. The molecule has 1 heterocycles. The Kier molecular flexibility index (Phi) is 3.60. The van der Waals surface area contributed by atoms with Gasteiger partial charge in [-0.1, -0.05) is 30.3 Å². The first kappa shape index (κ1) is 13.6. The minimum Gasteiger partial charge on any atom is -0.490 e. The summed E-state index contributed by atoms with van der Waals surface area (Å²) in [6.07, 6.45) is 0.921. The molecule has 0 saturated carbocycles. The van der Waals surface area contributed by atoms with Crippen LogP contribution in [0.15, 0.2) is 48.5 Å². The second-order valence-electron chi connectivity index (χ2n) is 5.23. The van der Waals surface area contributed by atoms with Crippen LogP contribution in [-0.2, 0) is 11.2 Å². The van der Waals surface area contributed by atoms with Crippen LogP contribution in [0.3, 0.4) is 0 Å². The highest BCUT2D eigenvalue weighted by molar-refractivity contribution is 5.76. The number of benzene rings is 2. The van der Waals surface area contributed by atoms with Crippen LogP contribution < -0.4 is 4.74 Å². The van der Waals surface area contributed by atoms with Crippen molar-refractivity contribution in [2.24, 2.45) is 0 Å². The SMILES string of the molecule is O=C(O)C(CC1Cc2ccccc2O1)c1ccc(F)cc1. The van der Waals surface area contributed by atoms with Crippen LogP contribution in [0, 0.1) is 5.82 Å². The Labute approximate surface area is 122 Å². The van der Waals surface area contributed by atoms with Crippen molar-refractivity contribution in [1.29, 1.82) is 0 Å². The zero-order chi connectivity index (χ0) is 14.8. The molecule has 0 aromatic heterocycles. The Morgan fingerprint density at radius 1 is 1.24 bits per heavy atom. The fraction of sp³-hybridized carbons (Fsp3) is 0.235. The number of ether oxygens (including phenoxy) is 1. The van der Waals surface area contributed by atoms with Crippen LogP contribution in [0.1, 0.15) is 23.5 Å². The number of para-hydroxylation sites is 1. The number of aliphatic carboxylic acids is 1. The topological polar surface area (TPSA) is 46.5 Å². The summed E-state index contributed by atoms with van der Waals surface area (Å²) in [6, 6.07) is 13.3. The molecule has 1 N–H and O–H groups in total. The number of carbonyl (C=O) groups is 1. The monoisotopic (exact) mass is 286 g/mol. The van der Waals surface area contributed by atoms with E-state index in [-0.39, 0.29) is 11.9 Å². The molecule has 2 atom stereocenters. The zero-order valence-corrected chi connectivity index (χ0v) is 11.3. The molecule has 3 nitrogen and oxygen atoms in total. The molecule has 0 saturated heterocycles. The molecule has 1 aliphatic rings. The largest absolute Gasteiger partial charge is 0.490 e. The second-order valence-corrected chi connectivity index (χ2v) is 5.23. The Morgan fingerprint density at radius 2 is 1.95 bits per heavy atom. The maximum Gasteiger partial charge on any atom is 0.311 e. The molecule has 0 radical (unpaired) electrons. The van der Waals surface area contributed by atoms with Crippen LogP contribution in [0.4, 0.5) is 4.39 Å². The van der Waals surface area contributed by atoms with Crippen molar-refractivity contribution < 1.29 is 19.0 Å². The number of carboxylic acid groups (broad SMARTS) is 1. The summed E-state index contributed by atoms with van der Waals surface area (Å²) in [5.74, 6) is -1.15. The maximum atomic E-state index is 13.0. The number of hydrogen-bond donors (Lipinski definition) is 1. The third kappa shape index (κ3) is 2.89. The molecule has 0 amide bonds. The van der Waals surface area contributed by atoms with Crippen LogP contribution in [-0.4, -0.2) is 17.2 Å². The molecule has 21 heavy (non-hydrogen) atoms. The molecular weight excluding hydrogens is 271 g/mol. The highest BCUT2D eigenvalue weighted by Crippen LogP contribution is 2.33. The van der Waals surface area contributed by atoms with E-state index in [1.165, 1.54) is 24.3 Å². The van der Waals surface area contributed by atoms with Gasteiger partial charge in [-0.15, -0.1) is 0 Å². The summed E-state index contributed by atoms with van der Waals surface area (Å²) in [7, 11) is 0. The third-order valence-corrected chi connectivity index (χ3v) is 3.78. The van der Waals surface area contributed by atoms with Crippen LogP contribution >= 0.6 is 0 Å². The zero-order valence-electron chi connectivity index (χ0n) is 11.3. The normalized spacial score (nSPS) is 17.9. The second kappa shape index (κ2) is 5.56. The Bertz CT molecular complexity index is 626. The Balaban J connectivity index is 1.75. The number of hydrogen-bond acceptors (Lipinski definition) is 2. The summed E-state index contributed by atoms with van der Waals surface area (Å²) in [5, 5.41) is 9.42. The molecule has 0 bridgehead atoms. The minimum absolute atomic E-state index is 0.159. The van der Waals surface area contributed by atoms with Gasteiger partial charge in [0.05, 0.1) is 5.92 Å². The summed E-state index contributed by atoms with van der Waals surface area (Å²) in [4.78, 5) is 11.5. The lowest BCUT2D eigenvalue weighted by Gasteiger charge is -2.17. The molecule has 2 unspecified atom stereocenters. The van der Waals surface area contributed by atoms with Gasteiger partial charge in [0.15, 0.2) is 0 Å². The first-order valence-electron chi connectivity index (χ1n) is 6.86. The van der Waals surface area contributed by atoms with Crippen molar-refractivity contribution in [3.63, 3.8) is 0 Å². The van der Waals surface area contributed by atoms with Gasteiger partial charge >= 0.3 is 5.97 Å². The molecule has 2 aromatic carbocycles. The predicted molar refractivity (Wildman–Crippen MR) is 76.0 cm³/mol. The molecule has 4 heteroatoms. The Morgan fingerprint density at radius 3 is 2.62 bits per heavy atom. The number of carboxylic acids is 1. The molecule has 1 aliphatic heterocycles. The van der Waals surface area contributed by atoms with Crippen LogP contribution in [0.5, 0.6) is 5.75 Å². The van der Waals surface area contributed by atoms with E-state index >= 15 is 0 Å². The predicted octanol–water partition coefficient (Wildman–Crippen LogP) is 3.39. The van der Waals surface area contributed by atoms with Gasteiger partial charge < -0.3 is 9.84 Å². The fourth-order valence-corrected chi connectivity index (χ4v) is 2.72. The molecule has 0 spiro atoms. The summed E-state index contributed by atoms with van der Waals surface area (Å²) >= 11 is 0. The lowest BCUT2D eigenvalue weighted by molar-refractivity contribution is -0.139. The van der Waals surface area contributed by atoms with Crippen LogP contribution in [0.2, 0.25) is 0 Å². The van der Waals surface area contributed by atoms with Crippen molar-refractivity contribution in [3.05, 3.63) is 65.5 Å². The van der Waals surface area contributed by atoms with E-state index in [4.69, 9.17) is 4.74 Å². The van der Waals surface area contributed by atoms with Gasteiger partial charge in [-0.25, -0.2) is 4.39 Å². The molecule has 2 aromatic rings. The number of fused-ring (bicyclic) bond motifs is 1. The van der Waals surface area contributed by atoms with Gasteiger partial charge in [0.25, 0.3) is 0 Å². The molecule has 0 fully saturated rings. The van der Waals surface area contributed by atoms with E-state index < -0.39 is 11.9 Å². The van der Waals surface area contributed by atoms with Crippen molar-refractivity contribution in [2.45, 2.75) is 24.9 Å². The lowest BCUT2D eigenvalue weighted by Crippen LogP contribution is -2.22. The first-order chi connectivity index (χ1) is 10.1. The molecule has 3 rings (SSSR count).